The molecule has 3 rings (SSSR count). The van der Waals surface area contributed by atoms with Gasteiger partial charge in [-0.3, -0.25) is 9.48 Å². The van der Waals surface area contributed by atoms with E-state index < -0.39 is 6.04 Å². The summed E-state index contributed by atoms with van der Waals surface area (Å²) in [5.41, 5.74) is 2.58. The second kappa shape index (κ2) is 6.70. The third kappa shape index (κ3) is 3.32. The molecule has 24 heavy (non-hydrogen) atoms. The maximum atomic E-state index is 12.6. The lowest BCUT2D eigenvalue weighted by molar-refractivity contribution is -0.118. The summed E-state index contributed by atoms with van der Waals surface area (Å²) >= 11 is 1.67. The Labute approximate surface area is 144 Å². The fourth-order valence-corrected chi connectivity index (χ4v) is 3.53. The number of hydrogen-bond acceptors (Lipinski definition) is 5. The van der Waals surface area contributed by atoms with Crippen LogP contribution in [0.3, 0.4) is 0 Å². The average Bonchev–Trinajstić information content (AvgIpc) is 3.14. The monoisotopic (exact) mass is 343 g/mol. The van der Waals surface area contributed by atoms with Gasteiger partial charge in [0, 0.05) is 30.4 Å². The van der Waals surface area contributed by atoms with Crippen LogP contribution in [0.25, 0.3) is 10.2 Å². The van der Waals surface area contributed by atoms with Gasteiger partial charge in [0.15, 0.2) is 0 Å². The van der Waals surface area contributed by atoms with Crippen LogP contribution in [0.5, 0.6) is 0 Å². The number of nitrogens with zero attached hydrogens (tertiary/aromatic N) is 3. The predicted molar refractivity (Wildman–Crippen MR) is 97.3 cm³/mol. The van der Waals surface area contributed by atoms with Gasteiger partial charge in [-0.2, -0.15) is 5.10 Å². The minimum atomic E-state index is -0.443. The number of thiazole rings is 1. The lowest BCUT2D eigenvalue weighted by Gasteiger charge is -2.14. The number of fused-ring (bicyclic) bond motifs is 1. The summed E-state index contributed by atoms with van der Waals surface area (Å²) < 4.78 is 2.77. The first-order valence-corrected chi connectivity index (χ1v) is 8.66. The molecule has 2 aromatic heterocycles. The summed E-state index contributed by atoms with van der Waals surface area (Å²) in [6.45, 7) is 4.26. The smallest absolute Gasteiger partial charge is 0.246 e. The Hall–Kier alpha value is -2.25. The number of anilines is 1. The highest BCUT2D eigenvalue weighted by Gasteiger charge is 2.20. The molecule has 0 aliphatic carbocycles. The molecule has 2 N–H and O–H groups in total. The van der Waals surface area contributed by atoms with E-state index >= 15 is 0 Å². The van der Waals surface area contributed by atoms with E-state index in [-0.39, 0.29) is 5.91 Å². The molecular formula is C17H21N5OS. The molecule has 126 valence electrons. The molecule has 7 heteroatoms. The molecule has 0 bridgehead atoms. The highest BCUT2D eigenvalue weighted by molar-refractivity contribution is 7.18. The van der Waals surface area contributed by atoms with Gasteiger partial charge in [-0.1, -0.05) is 13.8 Å². The van der Waals surface area contributed by atoms with Crippen LogP contribution in [0.1, 0.15) is 36.4 Å². The summed E-state index contributed by atoms with van der Waals surface area (Å²) in [6.07, 6.45) is 3.53. The second-order valence-corrected chi connectivity index (χ2v) is 7.11. The van der Waals surface area contributed by atoms with E-state index in [0.29, 0.717) is 5.92 Å². The Morgan fingerprint density at radius 2 is 2.12 bits per heavy atom. The zero-order valence-corrected chi connectivity index (χ0v) is 15.0. The van der Waals surface area contributed by atoms with E-state index in [1.54, 1.807) is 29.3 Å². The van der Waals surface area contributed by atoms with Crippen molar-refractivity contribution >= 4 is 33.1 Å². The first-order chi connectivity index (χ1) is 11.5. The van der Waals surface area contributed by atoms with Crippen LogP contribution < -0.4 is 10.6 Å². The molecular weight excluding hydrogens is 322 g/mol. The Kier molecular flexibility index (Phi) is 4.64. The number of aryl methyl sites for hydroxylation is 1. The fourth-order valence-electron chi connectivity index (χ4n) is 2.52. The molecule has 1 aromatic carbocycles. The van der Waals surface area contributed by atoms with Crippen molar-refractivity contribution in [1.29, 1.82) is 0 Å². The van der Waals surface area contributed by atoms with Gasteiger partial charge in [0.25, 0.3) is 0 Å². The van der Waals surface area contributed by atoms with Crippen molar-refractivity contribution in [2.45, 2.75) is 25.8 Å². The molecule has 0 saturated heterocycles. The van der Waals surface area contributed by atoms with Crippen LogP contribution in [0.2, 0.25) is 0 Å². The number of aromatic nitrogens is 3. The summed E-state index contributed by atoms with van der Waals surface area (Å²) in [5.74, 6) is 0.290. The lowest BCUT2D eigenvalue weighted by atomic mass is 10.1. The molecule has 0 fully saturated rings. The molecule has 0 saturated carbocycles. The number of likely N-dealkylation sites (N-methyl/N-ethyl adjacent to an activating group) is 1. The number of nitrogens with one attached hydrogen (secondary N) is 2. The quantitative estimate of drug-likeness (QED) is 0.747. The standard InChI is InChI=1S/C17H21N5OS/c1-10(2)17-21-13-6-5-12(7-14(13)24-17)20-16(23)15(18-3)11-8-19-22(4)9-11/h5-10,15,18H,1-4H3,(H,20,23). The lowest BCUT2D eigenvalue weighted by Crippen LogP contribution is -2.30. The van der Waals surface area contributed by atoms with E-state index in [4.69, 9.17) is 0 Å². The largest absolute Gasteiger partial charge is 0.324 e. The Balaban J connectivity index is 1.81. The number of hydrogen-bond donors (Lipinski definition) is 2. The van der Waals surface area contributed by atoms with Gasteiger partial charge in [0.05, 0.1) is 21.4 Å². The van der Waals surface area contributed by atoms with Gasteiger partial charge in [0.1, 0.15) is 6.04 Å². The highest BCUT2D eigenvalue weighted by Crippen LogP contribution is 2.29. The van der Waals surface area contributed by atoms with Gasteiger partial charge < -0.3 is 10.6 Å². The number of carbonyl (C=O) groups is 1. The number of rotatable bonds is 5. The number of amides is 1. The van der Waals surface area contributed by atoms with Crippen molar-refractivity contribution in [2.24, 2.45) is 7.05 Å². The van der Waals surface area contributed by atoms with Crippen molar-refractivity contribution in [3.63, 3.8) is 0 Å². The molecule has 1 unspecified atom stereocenters. The van der Waals surface area contributed by atoms with Crippen molar-refractivity contribution in [3.8, 4) is 0 Å². The van der Waals surface area contributed by atoms with Crippen molar-refractivity contribution in [1.82, 2.24) is 20.1 Å². The minimum absolute atomic E-state index is 0.113. The third-order valence-electron chi connectivity index (χ3n) is 3.78. The van der Waals surface area contributed by atoms with Gasteiger partial charge in [0.2, 0.25) is 5.91 Å². The van der Waals surface area contributed by atoms with Crippen LogP contribution in [0.15, 0.2) is 30.6 Å². The summed E-state index contributed by atoms with van der Waals surface area (Å²) in [7, 11) is 3.59. The van der Waals surface area contributed by atoms with Crippen LogP contribution >= 0.6 is 11.3 Å². The SMILES string of the molecule is CNC(C(=O)Nc1ccc2nc(C(C)C)sc2c1)c1cnn(C)c1. The van der Waals surface area contributed by atoms with Crippen LogP contribution in [-0.4, -0.2) is 27.7 Å². The Morgan fingerprint density at radius 3 is 2.75 bits per heavy atom. The van der Waals surface area contributed by atoms with Gasteiger partial charge in [-0.05, 0) is 25.2 Å². The number of carbonyl (C=O) groups excluding carboxylic acids is 1. The molecule has 0 radical (unpaired) electrons. The van der Waals surface area contributed by atoms with Gasteiger partial charge in [-0.25, -0.2) is 4.98 Å². The highest BCUT2D eigenvalue weighted by atomic mass is 32.1. The maximum absolute atomic E-state index is 12.6. The molecule has 1 amide bonds. The van der Waals surface area contributed by atoms with E-state index in [0.717, 1.165) is 26.5 Å². The Bertz CT molecular complexity index is 867. The van der Waals surface area contributed by atoms with E-state index in [9.17, 15) is 4.79 Å². The Morgan fingerprint density at radius 1 is 1.33 bits per heavy atom. The van der Waals surface area contributed by atoms with Crippen molar-refractivity contribution < 1.29 is 4.79 Å². The average molecular weight is 343 g/mol. The fraction of sp³-hybridized carbons (Fsp3) is 0.353. The number of benzene rings is 1. The zero-order valence-electron chi connectivity index (χ0n) is 14.2. The molecule has 0 aliphatic heterocycles. The van der Waals surface area contributed by atoms with E-state index in [1.807, 2.05) is 31.4 Å². The van der Waals surface area contributed by atoms with Gasteiger partial charge >= 0.3 is 0 Å². The molecule has 3 aromatic rings. The summed E-state index contributed by atoms with van der Waals surface area (Å²) in [5, 5.41) is 11.2. The normalized spacial score (nSPS) is 12.7. The maximum Gasteiger partial charge on any atom is 0.246 e. The first kappa shape index (κ1) is 16.6. The molecule has 6 nitrogen and oxygen atoms in total. The van der Waals surface area contributed by atoms with Crippen LogP contribution in [0.4, 0.5) is 5.69 Å². The van der Waals surface area contributed by atoms with Gasteiger partial charge in [-0.15, -0.1) is 11.3 Å². The van der Waals surface area contributed by atoms with Crippen molar-refractivity contribution in [3.05, 3.63) is 41.2 Å². The second-order valence-electron chi connectivity index (χ2n) is 6.05. The zero-order chi connectivity index (χ0) is 17.3. The topological polar surface area (TPSA) is 71.8 Å². The van der Waals surface area contributed by atoms with Crippen LogP contribution in [0, 0.1) is 0 Å². The third-order valence-corrected chi connectivity index (χ3v) is 5.09. The predicted octanol–water partition coefficient (Wildman–Crippen LogP) is 3.05. The molecule has 1 atom stereocenters. The minimum Gasteiger partial charge on any atom is -0.324 e. The first-order valence-electron chi connectivity index (χ1n) is 7.85. The molecule has 2 heterocycles. The van der Waals surface area contributed by atoms with E-state index in [1.165, 1.54) is 0 Å². The molecule has 0 spiro atoms. The molecule has 0 aliphatic rings. The van der Waals surface area contributed by atoms with E-state index in [2.05, 4.69) is 34.6 Å². The summed E-state index contributed by atoms with van der Waals surface area (Å²) in [4.78, 5) is 17.2. The summed E-state index contributed by atoms with van der Waals surface area (Å²) in [6, 6.07) is 5.38. The van der Waals surface area contributed by atoms with Crippen LogP contribution in [-0.2, 0) is 11.8 Å². The van der Waals surface area contributed by atoms with Crippen molar-refractivity contribution in [2.75, 3.05) is 12.4 Å².